The monoisotopic (exact) mass is 246 g/mol. The summed E-state index contributed by atoms with van der Waals surface area (Å²) in [7, 11) is 2.25. The molecular weight excluding hydrogens is 220 g/mol. The number of rotatable bonds is 7. The van der Waals surface area contributed by atoms with Crippen molar-refractivity contribution < 1.29 is 0 Å². The lowest BCUT2D eigenvalue weighted by Crippen LogP contribution is -2.23. The van der Waals surface area contributed by atoms with Crippen LogP contribution in [0, 0.1) is 5.92 Å². The van der Waals surface area contributed by atoms with E-state index in [2.05, 4.69) is 55.4 Å². The van der Waals surface area contributed by atoms with Crippen LogP contribution in [-0.4, -0.2) is 24.5 Å². The first-order valence-corrected chi connectivity index (χ1v) is 7.14. The van der Waals surface area contributed by atoms with Gasteiger partial charge in [-0.2, -0.15) is 0 Å². The average Bonchev–Trinajstić information content (AvgIpc) is 3.14. The smallest absolute Gasteiger partial charge is 0.0236 e. The highest BCUT2D eigenvalue weighted by Crippen LogP contribution is 2.27. The van der Waals surface area contributed by atoms with E-state index in [-0.39, 0.29) is 0 Å². The van der Waals surface area contributed by atoms with E-state index in [9.17, 15) is 0 Å². The molecule has 0 saturated heterocycles. The summed E-state index contributed by atoms with van der Waals surface area (Å²) < 4.78 is 0. The molecule has 0 spiro atoms. The lowest BCUT2D eigenvalue weighted by molar-refractivity contribution is 0.315. The molecule has 1 aliphatic rings. The molecule has 0 atom stereocenters. The van der Waals surface area contributed by atoms with Gasteiger partial charge in [-0.1, -0.05) is 38.1 Å². The Labute approximate surface area is 111 Å². The first kappa shape index (κ1) is 13.6. The molecule has 0 aliphatic heterocycles. The summed E-state index contributed by atoms with van der Waals surface area (Å²) in [5.41, 5.74) is 2.92. The van der Waals surface area contributed by atoms with Crippen LogP contribution in [0.25, 0.3) is 0 Å². The second-order valence-electron chi connectivity index (χ2n) is 5.94. The zero-order chi connectivity index (χ0) is 13.0. The topological polar surface area (TPSA) is 15.3 Å². The molecule has 1 fully saturated rings. The summed E-state index contributed by atoms with van der Waals surface area (Å²) >= 11 is 0. The number of hydrogen-bond donors (Lipinski definition) is 1. The Morgan fingerprint density at radius 3 is 2.50 bits per heavy atom. The minimum Gasteiger partial charge on any atom is -0.312 e. The van der Waals surface area contributed by atoms with Gasteiger partial charge in [0, 0.05) is 19.1 Å². The molecule has 0 heterocycles. The highest BCUT2D eigenvalue weighted by molar-refractivity contribution is 5.27. The average molecular weight is 246 g/mol. The third-order valence-electron chi connectivity index (χ3n) is 3.58. The van der Waals surface area contributed by atoms with Crippen LogP contribution in [0.3, 0.4) is 0 Å². The third kappa shape index (κ3) is 4.11. The van der Waals surface area contributed by atoms with Gasteiger partial charge >= 0.3 is 0 Å². The van der Waals surface area contributed by atoms with Crippen molar-refractivity contribution in [1.82, 2.24) is 10.2 Å². The standard InChI is InChI=1S/C16H26N2/c1-13(2)10-17-11-14-6-4-5-7-15(14)12-18(3)16-8-9-16/h4-7,13,16-17H,8-12H2,1-3H3. The van der Waals surface area contributed by atoms with Gasteiger partial charge in [-0.3, -0.25) is 4.90 Å². The highest BCUT2D eigenvalue weighted by atomic mass is 15.1. The predicted molar refractivity (Wildman–Crippen MR) is 77.5 cm³/mol. The number of hydrogen-bond acceptors (Lipinski definition) is 2. The van der Waals surface area contributed by atoms with Crippen LogP contribution in [0.5, 0.6) is 0 Å². The predicted octanol–water partition coefficient (Wildman–Crippen LogP) is 3.03. The van der Waals surface area contributed by atoms with Crippen LogP contribution in [0.2, 0.25) is 0 Å². The van der Waals surface area contributed by atoms with Crippen LogP contribution in [0.1, 0.15) is 37.8 Å². The normalized spacial score (nSPS) is 15.6. The van der Waals surface area contributed by atoms with Crippen LogP contribution in [-0.2, 0) is 13.1 Å². The fourth-order valence-corrected chi connectivity index (χ4v) is 2.29. The van der Waals surface area contributed by atoms with Crippen molar-refractivity contribution in [3.8, 4) is 0 Å². The number of benzene rings is 1. The van der Waals surface area contributed by atoms with Gasteiger partial charge < -0.3 is 5.32 Å². The van der Waals surface area contributed by atoms with Gasteiger partial charge in [0.15, 0.2) is 0 Å². The summed E-state index contributed by atoms with van der Waals surface area (Å²) in [4.78, 5) is 2.49. The van der Waals surface area contributed by atoms with Gasteiger partial charge in [0.05, 0.1) is 0 Å². The summed E-state index contributed by atoms with van der Waals surface area (Å²) in [5.74, 6) is 0.714. The minimum atomic E-state index is 0.714. The Morgan fingerprint density at radius 1 is 1.22 bits per heavy atom. The zero-order valence-electron chi connectivity index (χ0n) is 11.9. The van der Waals surface area contributed by atoms with E-state index in [4.69, 9.17) is 0 Å². The molecule has 0 bridgehead atoms. The molecule has 100 valence electrons. The molecule has 2 nitrogen and oxygen atoms in total. The fourth-order valence-electron chi connectivity index (χ4n) is 2.29. The molecule has 0 radical (unpaired) electrons. The molecule has 1 aliphatic carbocycles. The van der Waals surface area contributed by atoms with Crippen molar-refractivity contribution in [2.45, 2.75) is 45.8 Å². The Kier molecular flexibility index (Phi) is 4.79. The van der Waals surface area contributed by atoms with Crippen molar-refractivity contribution in [2.75, 3.05) is 13.6 Å². The van der Waals surface area contributed by atoms with Crippen molar-refractivity contribution in [2.24, 2.45) is 5.92 Å². The van der Waals surface area contributed by atoms with E-state index in [1.807, 2.05) is 0 Å². The van der Waals surface area contributed by atoms with Crippen molar-refractivity contribution in [3.05, 3.63) is 35.4 Å². The number of nitrogens with zero attached hydrogens (tertiary/aromatic N) is 1. The van der Waals surface area contributed by atoms with E-state index < -0.39 is 0 Å². The number of nitrogens with one attached hydrogen (secondary N) is 1. The lowest BCUT2D eigenvalue weighted by Gasteiger charge is -2.18. The van der Waals surface area contributed by atoms with E-state index in [1.165, 1.54) is 24.0 Å². The Balaban J connectivity index is 1.91. The molecule has 0 unspecified atom stereocenters. The molecule has 2 rings (SSSR count). The van der Waals surface area contributed by atoms with Crippen LogP contribution in [0.4, 0.5) is 0 Å². The Bertz CT molecular complexity index is 369. The summed E-state index contributed by atoms with van der Waals surface area (Å²) in [6.07, 6.45) is 2.76. The van der Waals surface area contributed by atoms with E-state index >= 15 is 0 Å². The molecule has 0 amide bonds. The third-order valence-corrected chi connectivity index (χ3v) is 3.58. The molecule has 2 heteroatoms. The lowest BCUT2D eigenvalue weighted by atomic mass is 10.1. The van der Waals surface area contributed by atoms with Gasteiger partial charge in [0.25, 0.3) is 0 Å². The zero-order valence-corrected chi connectivity index (χ0v) is 11.9. The van der Waals surface area contributed by atoms with Crippen molar-refractivity contribution >= 4 is 0 Å². The molecular formula is C16H26N2. The highest BCUT2D eigenvalue weighted by Gasteiger charge is 2.26. The molecule has 1 N–H and O–H groups in total. The van der Waals surface area contributed by atoms with E-state index in [0.29, 0.717) is 5.92 Å². The quantitative estimate of drug-likeness (QED) is 0.795. The van der Waals surface area contributed by atoms with Gasteiger partial charge in [0.2, 0.25) is 0 Å². The summed E-state index contributed by atoms with van der Waals surface area (Å²) in [6, 6.07) is 9.66. The first-order valence-electron chi connectivity index (χ1n) is 7.14. The Hall–Kier alpha value is -0.860. The summed E-state index contributed by atoms with van der Waals surface area (Å²) in [6.45, 7) is 7.67. The van der Waals surface area contributed by atoms with Gasteiger partial charge in [-0.05, 0) is 43.5 Å². The fraction of sp³-hybridized carbons (Fsp3) is 0.625. The van der Waals surface area contributed by atoms with Crippen LogP contribution >= 0.6 is 0 Å². The Morgan fingerprint density at radius 2 is 1.89 bits per heavy atom. The molecule has 18 heavy (non-hydrogen) atoms. The van der Waals surface area contributed by atoms with Gasteiger partial charge in [-0.25, -0.2) is 0 Å². The maximum absolute atomic E-state index is 3.54. The van der Waals surface area contributed by atoms with Gasteiger partial charge in [-0.15, -0.1) is 0 Å². The summed E-state index contributed by atoms with van der Waals surface area (Å²) in [5, 5.41) is 3.54. The molecule has 1 aromatic rings. The van der Waals surface area contributed by atoms with Crippen LogP contribution < -0.4 is 5.32 Å². The second-order valence-corrected chi connectivity index (χ2v) is 5.94. The van der Waals surface area contributed by atoms with Gasteiger partial charge in [0.1, 0.15) is 0 Å². The van der Waals surface area contributed by atoms with E-state index in [1.54, 1.807) is 0 Å². The largest absolute Gasteiger partial charge is 0.312 e. The SMILES string of the molecule is CC(C)CNCc1ccccc1CN(C)C1CC1. The first-order chi connectivity index (χ1) is 8.66. The van der Waals surface area contributed by atoms with Crippen molar-refractivity contribution in [3.63, 3.8) is 0 Å². The minimum absolute atomic E-state index is 0.714. The molecule has 0 aromatic heterocycles. The maximum Gasteiger partial charge on any atom is 0.0236 e. The van der Waals surface area contributed by atoms with Crippen molar-refractivity contribution in [1.29, 1.82) is 0 Å². The molecule has 1 saturated carbocycles. The van der Waals surface area contributed by atoms with Crippen LogP contribution in [0.15, 0.2) is 24.3 Å². The second kappa shape index (κ2) is 6.35. The molecule has 1 aromatic carbocycles. The van der Waals surface area contributed by atoms with E-state index in [0.717, 1.165) is 25.7 Å². The maximum atomic E-state index is 3.54.